The van der Waals surface area contributed by atoms with Gasteiger partial charge in [0.2, 0.25) is 0 Å². The van der Waals surface area contributed by atoms with Crippen molar-refractivity contribution in [3.63, 3.8) is 0 Å². The highest BCUT2D eigenvalue weighted by atomic mass is 15.2. The summed E-state index contributed by atoms with van der Waals surface area (Å²) in [7, 11) is 0. The van der Waals surface area contributed by atoms with E-state index in [0.29, 0.717) is 18.5 Å². The molecule has 3 nitrogen and oxygen atoms in total. The van der Waals surface area contributed by atoms with Crippen LogP contribution in [0.2, 0.25) is 0 Å². The van der Waals surface area contributed by atoms with Crippen LogP contribution in [0.1, 0.15) is 50.1 Å². The molecule has 2 unspecified atom stereocenters. The van der Waals surface area contributed by atoms with Gasteiger partial charge in [0.1, 0.15) is 0 Å². The Labute approximate surface area is 128 Å². The molecule has 2 fully saturated rings. The van der Waals surface area contributed by atoms with Crippen LogP contribution < -0.4 is 5.32 Å². The van der Waals surface area contributed by atoms with E-state index in [-0.39, 0.29) is 6.04 Å². The molecule has 1 saturated carbocycles. The fraction of sp³-hybridized carbons (Fsp3) is 0.611. The number of piperidine rings is 1. The molecular formula is C18H25N3. The van der Waals surface area contributed by atoms with Gasteiger partial charge in [-0.25, -0.2) is 0 Å². The van der Waals surface area contributed by atoms with Gasteiger partial charge in [-0.3, -0.25) is 4.90 Å². The molecule has 1 aliphatic heterocycles. The molecule has 1 heterocycles. The van der Waals surface area contributed by atoms with E-state index in [4.69, 9.17) is 0 Å². The Morgan fingerprint density at radius 2 is 2.00 bits per heavy atom. The highest BCUT2D eigenvalue weighted by molar-refractivity contribution is 5.21. The largest absolute Gasteiger partial charge is 0.313 e. The zero-order chi connectivity index (χ0) is 14.5. The second-order valence-corrected chi connectivity index (χ2v) is 6.36. The van der Waals surface area contributed by atoms with Crippen LogP contribution in [0.5, 0.6) is 0 Å². The van der Waals surface area contributed by atoms with Crippen LogP contribution >= 0.6 is 0 Å². The van der Waals surface area contributed by atoms with Crippen LogP contribution in [-0.2, 0) is 0 Å². The molecule has 0 amide bonds. The topological polar surface area (TPSA) is 39.1 Å². The van der Waals surface area contributed by atoms with Gasteiger partial charge >= 0.3 is 0 Å². The molecule has 1 N–H and O–H groups in total. The van der Waals surface area contributed by atoms with E-state index in [2.05, 4.69) is 46.6 Å². The Morgan fingerprint density at radius 1 is 1.19 bits per heavy atom. The summed E-state index contributed by atoms with van der Waals surface area (Å²) in [4.78, 5) is 2.60. The van der Waals surface area contributed by atoms with Crippen molar-refractivity contribution in [1.82, 2.24) is 10.2 Å². The first kappa shape index (κ1) is 14.6. The van der Waals surface area contributed by atoms with E-state index in [9.17, 15) is 5.26 Å². The Hall–Kier alpha value is -1.37. The summed E-state index contributed by atoms with van der Waals surface area (Å²) in [5, 5.41) is 12.9. The maximum absolute atomic E-state index is 9.26. The monoisotopic (exact) mass is 283 g/mol. The van der Waals surface area contributed by atoms with Gasteiger partial charge in [-0.05, 0) is 37.8 Å². The molecule has 0 bridgehead atoms. The Kier molecular flexibility index (Phi) is 4.90. The fourth-order valence-corrected chi connectivity index (χ4v) is 3.46. The number of hydrogen-bond acceptors (Lipinski definition) is 3. The molecule has 2 atom stereocenters. The van der Waals surface area contributed by atoms with Crippen LogP contribution in [0.4, 0.5) is 0 Å². The van der Waals surface area contributed by atoms with Crippen LogP contribution in [0, 0.1) is 11.3 Å². The number of hydrogen-bond donors (Lipinski definition) is 1. The number of nitriles is 1. The van der Waals surface area contributed by atoms with Crippen LogP contribution in [0.3, 0.4) is 0 Å². The molecule has 3 rings (SSSR count). The van der Waals surface area contributed by atoms with Crippen molar-refractivity contribution in [2.24, 2.45) is 0 Å². The SMILES string of the molecule is N#CCC(c1ccccc1)N(CC1CCCCN1)C1CC1. The lowest BCUT2D eigenvalue weighted by molar-refractivity contribution is 0.158. The first-order valence-corrected chi connectivity index (χ1v) is 8.29. The van der Waals surface area contributed by atoms with Crippen molar-refractivity contribution >= 4 is 0 Å². The van der Waals surface area contributed by atoms with E-state index in [1.54, 1.807) is 0 Å². The van der Waals surface area contributed by atoms with Gasteiger partial charge in [0.05, 0.1) is 12.5 Å². The molecule has 0 radical (unpaired) electrons. The molecule has 21 heavy (non-hydrogen) atoms. The molecule has 1 aromatic carbocycles. The average Bonchev–Trinajstić information content (AvgIpc) is 3.37. The maximum Gasteiger partial charge on any atom is 0.0641 e. The van der Waals surface area contributed by atoms with E-state index >= 15 is 0 Å². The van der Waals surface area contributed by atoms with E-state index < -0.39 is 0 Å². The van der Waals surface area contributed by atoms with E-state index in [1.807, 2.05) is 0 Å². The zero-order valence-electron chi connectivity index (χ0n) is 12.7. The third-order valence-electron chi connectivity index (χ3n) is 4.73. The van der Waals surface area contributed by atoms with Crippen molar-refractivity contribution in [2.45, 2.75) is 56.7 Å². The van der Waals surface area contributed by atoms with Gasteiger partial charge in [-0.1, -0.05) is 36.8 Å². The smallest absolute Gasteiger partial charge is 0.0641 e. The molecule has 1 aromatic rings. The minimum atomic E-state index is 0.257. The fourth-order valence-electron chi connectivity index (χ4n) is 3.46. The average molecular weight is 283 g/mol. The molecule has 1 saturated heterocycles. The van der Waals surface area contributed by atoms with Crippen molar-refractivity contribution in [3.8, 4) is 6.07 Å². The van der Waals surface area contributed by atoms with Crippen LogP contribution in [-0.4, -0.2) is 30.1 Å². The zero-order valence-corrected chi connectivity index (χ0v) is 12.7. The summed E-state index contributed by atoms with van der Waals surface area (Å²) in [6.45, 7) is 2.24. The summed E-state index contributed by atoms with van der Waals surface area (Å²) in [5.74, 6) is 0. The standard InChI is InChI=1S/C18H25N3/c19-12-11-18(15-6-2-1-3-7-15)21(17-9-10-17)14-16-8-4-5-13-20-16/h1-3,6-7,16-18,20H,4-5,8-11,13-14H2. The Bertz CT molecular complexity index is 469. The summed E-state index contributed by atoms with van der Waals surface area (Å²) >= 11 is 0. The number of rotatable bonds is 6. The molecular weight excluding hydrogens is 258 g/mol. The lowest BCUT2D eigenvalue weighted by Gasteiger charge is -2.35. The predicted octanol–water partition coefficient (Wildman–Crippen LogP) is 3.25. The summed E-state index contributed by atoms with van der Waals surface area (Å²) in [6.07, 6.45) is 7.10. The lowest BCUT2D eigenvalue weighted by atomic mass is 9.99. The van der Waals surface area contributed by atoms with Crippen molar-refractivity contribution < 1.29 is 0 Å². The second-order valence-electron chi connectivity index (χ2n) is 6.36. The van der Waals surface area contributed by atoms with Crippen LogP contribution in [0.15, 0.2) is 30.3 Å². The van der Waals surface area contributed by atoms with Gasteiger partial charge in [0.15, 0.2) is 0 Å². The summed E-state index contributed by atoms with van der Waals surface area (Å²) in [6, 6.07) is 14.5. The van der Waals surface area contributed by atoms with Crippen molar-refractivity contribution in [2.75, 3.05) is 13.1 Å². The number of nitrogens with zero attached hydrogens (tertiary/aromatic N) is 2. The number of benzene rings is 1. The first-order valence-electron chi connectivity index (χ1n) is 8.29. The minimum Gasteiger partial charge on any atom is -0.313 e. The van der Waals surface area contributed by atoms with Crippen LogP contribution in [0.25, 0.3) is 0 Å². The van der Waals surface area contributed by atoms with Gasteiger partial charge in [0, 0.05) is 24.7 Å². The maximum atomic E-state index is 9.26. The van der Waals surface area contributed by atoms with Gasteiger partial charge in [-0.15, -0.1) is 0 Å². The molecule has 0 spiro atoms. The quantitative estimate of drug-likeness (QED) is 0.871. The lowest BCUT2D eigenvalue weighted by Crippen LogP contribution is -2.45. The van der Waals surface area contributed by atoms with Gasteiger partial charge in [0.25, 0.3) is 0 Å². The normalized spacial score (nSPS) is 23.7. The second kappa shape index (κ2) is 7.06. The molecule has 1 aliphatic carbocycles. The minimum absolute atomic E-state index is 0.257. The van der Waals surface area contributed by atoms with Crippen molar-refractivity contribution in [3.05, 3.63) is 35.9 Å². The highest BCUT2D eigenvalue weighted by Crippen LogP contribution is 2.36. The third kappa shape index (κ3) is 3.84. The third-order valence-corrected chi connectivity index (χ3v) is 4.73. The summed E-state index contributed by atoms with van der Waals surface area (Å²) in [5.41, 5.74) is 1.29. The molecule has 0 aromatic heterocycles. The molecule has 112 valence electrons. The molecule has 2 aliphatic rings. The van der Waals surface area contributed by atoms with Gasteiger partial charge < -0.3 is 5.32 Å². The number of nitrogens with one attached hydrogen (secondary N) is 1. The molecule has 3 heteroatoms. The Balaban J connectivity index is 1.74. The Morgan fingerprint density at radius 3 is 2.62 bits per heavy atom. The summed E-state index contributed by atoms with van der Waals surface area (Å²) < 4.78 is 0. The van der Waals surface area contributed by atoms with E-state index in [0.717, 1.165) is 13.1 Å². The first-order chi connectivity index (χ1) is 10.4. The van der Waals surface area contributed by atoms with Gasteiger partial charge in [-0.2, -0.15) is 5.26 Å². The van der Waals surface area contributed by atoms with Crippen molar-refractivity contribution in [1.29, 1.82) is 5.26 Å². The predicted molar refractivity (Wildman–Crippen MR) is 84.8 cm³/mol. The highest BCUT2D eigenvalue weighted by Gasteiger charge is 2.35. The van der Waals surface area contributed by atoms with E-state index in [1.165, 1.54) is 37.7 Å².